The van der Waals surface area contributed by atoms with Crippen LogP contribution in [0.2, 0.25) is 5.02 Å². The zero-order valence-corrected chi connectivity index (χ0v) is 11.7. The Bertz CT molecular complexity index is 596. The van der Waals surface area contributed by atoms with E-state index in [1.54, 1.807) is 0 Å². The van der Waals surface area contributed by atoms with Gasteiger partial charge in [-0.15, -0.1) is 0 Å². The number of nitrogen functional groups attached to an aromatic ring is 1. The van der Waals surface area contributed by atoms with E-state index in [2.05, 4.69) is 16.5 Å². The molecule has 3 rings (SSSR count). The van der Waals surface area contributed by atoms with Crippen LogP contribution >= 0.6 is 11.6 Å². The van der Waals surface area contributed by atoms with Gasteiger partial charge in [0.2, 0.25) is 5.95 Å². The summed E-state index contributed by atoms with van der Waals surface area (Å²) in [7, 11) is 0. The van der Waals surface area contributed by atoms with Gasteiger partial charge in [0.05, 0.1) is 17.1 Å². The maximum Gasteiger partial charge on any atom is 0.201 e. The van der Waals surface area contributed by atoms with Crippen molar-refractivity contribution in [1.82, 2.24) is 9.55 Å². The molecule has 0 bridgehead atoms. The normalized spacial score (nSPS) is 23.3. The summed E-state index contributed by atoms with van der Waals surface area (Å²) in [5.41, 5.74) is 7.94. The maximum atomic E-state index is 6.07. The van der Waals surface area contributed by atoms with Crippen LogP contribution in [0.5, 0.6) is 0 Å². The van der Waals surface area contributed by atoms with E-state index in [4.69, 9.17) is 22.1 Å². The van der Waals surface area contributed by atoms with E-state index in [0.717, 1.165) is 37.0 Å². The van der Waals surface area contributed by atoms with Crippen LogP contribution < -0.4 is 5.73 Å². The van der Waals surface area contributed by atoms with E-state index in [9.17, 15) is 0 Å². The van der Waals surface area contributed by atoms with Crippen molar-refractivity contribution < 1.29 is 4.74 Å². The highest BCUT2D eigenvalue weighted by Crippen LogP contribution is 2.29. The minimum atomic E-state index is 0.330. The molecule has 0 saturated carbocycles. The predicted molar refractivity (Wildman–Crippen MR) is 77.3 cm³/mol. The lowest BCUT2D eigenvalue weighted by Gasteiger charge is -2.18. The summed E-state index contributed by atoms with van der Waals surface area (Å²) < 4.78 is 7.80. The lowest BCUT2D eigenvalue weighted by atomic mass is 9.99. The highest BCUT2D eigenvalue weighted by atomic mass is 35.5. The third-order valence-corrected chi connectivity index (χ3v) is 4.14. The van der Waals surface area contributed by atoms with Crippen LogP contribution in [0, 0.1) is 5.92 Å². The maximum absolute atomic E-state index is 6.07. The molecular formula is C14H18ClN3O. The Morgan fingerprint density at radius 2 is 2.37 bits per heavy atom. The van der Waals surface area contributed by atoms with Crippen LogP contribution in [0.1, 0.15) is 19.8 Å². The van der Waals surface area contributed by atoms with Crippen LogP contribution in [-0.2, 0) is 11.3 Å². The minimum Gasteiger partial charge on any atom is -0.378 e. The Kier molecular flexibility index (Phi) is 3.37. The second kappa shape index (κ2) is 5.02. The number of hydrogen-bond donors (Lipinski definition) is 1. The van der Waals surface area contributed by atoms with Crippen molar-refractivity contribution in [1.29, 1.82) is 0 Å². The van der Waals surface area contributed by atoms with Crippen LogP contribution in [0.4, 0.5) is 5.95 Å². The van der Waals surface area contributed by atoms with Gasteiger partial charge in [0.25, 0.3) is 0 Å². The van der Waals surface area contributed by atoms with Gasteiger partial charge in [-0.1, -0.05) is 18.5 Å². The van der Waals surface area contributed by atoms with Crippen molar-refractivity contribution >= 4 is 28.6 Å². The second-order valence-corrected chi connectivity index (χ2v) is 5.52. The number of anilines is 1. The fraction of sp³-hybridized carbons (Fsp3) is 0.500. The first-order valence-electron chi connectivity index (χ1n) is 6.72. The Morgan fingerprint density at radius 1 is 1.53 bits per heavy atom. The smallest absolute Gasteiger partial charge is 0.201 e. The molecule has 2 atom stereocenters. The minimum absolute atomic E-state index is 0.330. The summed E-state index contributed by atoms with van der Waals surface area (Å²) in [5.74, 6) is 1.06. The molecule has 19 heavy (non-hydrogen) atoms. The number of benzene rings is 1. The molecule has 2 N–H and O–H groups in total. The molecular weight excluding hydrogens is 262 g/mol. The highest BCUT2D eigenvalue weighted by molar-refractivity contribution is 6.31. The number of ether oxygens (including phenoxy) is 1. The van der Waals surface area contributed by atoms with E-state index < -0.39 is 0 Å². The number of halogens is 1. The number of rotatable bonds is 3. The highest BCUT2D eigenvalue weighted by Gasteiger charge is 2.28. The van der Waals surface area contributed by atoms with E-state index in [1.165, 1.54) is 0 Å². The van der Waals surface area contributed by atoms with Crippen LogP contribution in [-0.4, -0.2) is 22.3 Å². The third-order valence-electron chi connectivity index (χ3n) is 3.91. The number of nitrogens with zero attached hydrogens (tertiary/aromatic N) is 2. The number of hydrogen-bond acceptors (Lipinski definition) is 3. The van der Waals surface area contributed by atoms with Gasteiger partial charge in [0.1, 0.15) is 0 Å². The van der Waals surface area contributed by atoms with Crippen molar-refractivity contribution in [3.8, 4) is 0 Å². The van der Waals surface area contributed by atoms with Crippen LogP contribution in [0.3, 0.4) is 0 Å². The van der Waals surface area contributed by atoms with Crippen molar-refractivity contribution in [3.63, 3.8) is 0 Å². The first-order chi connectivity index (χ1) is 9.19. The summed E-state index contributed by atoms with van der Waals surface area (Å²) in [6, 6.07) is 5.68. The molecule has 0 amide bonds. The van der Waals surface area contributed by atoms with Gasteiger partial charge < -0.3 is 15.0 Å². The largest absolute Gasteiger partial charge is 0.378 e. The molecule has 0 aliphatic carbocycles. The summed E-state index contributed by atoms with van der Waals surface area (Å²) in [6.45, 7) is 3.85. The molecule has 4 nitrogen and oxygen atoms in total. The number of aromatic nitrogens is 2. The van der Waals surface area contributed by atoms with Gasteiger partial charge in [-0.05, 0) is 31.0 Å². The zero-order valence-electron chi connectivity index (χ0n) is 11.0. The van der Waals surface area contributed by atoms with Crippen molar-refractivity contribution in [2.75, 3.05) is 12.3 Å². The monoisotopic (exact) mass is 279 g/mol. The summed E-state index contributed by atoms with van der Waals surface area (Å²) in [5, 5.41) is 0.711. The lowest BCUT2D eigenvalue weighted by Crippen LogP contribution is -2.21. The predicted octanol–water partition coefficient (Wildman–Crippen LogP) is 3.09. The molecule has 5 heteroatoms. The lowest BCUT2D eigenvalue weighted by molar-refractivity contribution is 0.0839. The SMILES string of the molecule is CCC1OCCC1Cn1c(N)nc2ccc(Cl)cc21. The number of imidazole rings is 1. The second-order valence-electron chi connectivity index (χ2n) is 5.08. The molecule has 2 unspecified atom stereocenters. The third kappa shape index (κ3) is 2.30. The van der Waals surface area contributed by atoms with Gasteiger partial charge in [0, 0.05) is 24.1 Å². The molecule has 1 saturated heterocycles. The molecule has 0 radical (unpaired) electrons. The zero-order chi connectivity index (χ0) is 13.4. The topological polar surface area (TPSA) is 53.1 Å². The fourth-order valence-electron chi connectivity index (χ4n) is 2.89. The first kappa shape index (κ1) is 12.8. The van der Waals surface area contributed by atoms with Gasteiger partial charge in [-0.3, -0.25) is 0 Å². The Balaban J connectivity index is 1.95. The number of fused-ring (bicyclic) bond motifs is 1. The van der Waals surface area contributed by atoms with Crippen molar-refractivity contribution in [2.24, 2.45) is 5.92 Å². The summed E-state index contributed by atoms with van der Waals surface area (Å²) in [4.78, 5) is 4.39. The molecule has 1 fully saturated rings. The standard InChI is InChI=1S/C14H18ClN3O/c1-2-13-9(5-6-19-13)8-18-12-7-10(15)3-4-11(12)17-14(18)16/h3-4,7,9,13H,2,5-6,8H2,1H3,(H2,16,17). The van der Waals surface area contributed by atoms with Crippen molar-refractivity contribution in [2.45, 2.75) is 32.4 Å². The Hall–Kier alpha value is -1.26. The van der Waals surface area contributed by atoms with Gasteiger partial charge >= 0.3 is 0 Å². The molecule has 2 aromatic rings. The molecule has 2 heterocycles. The quantitative estimate of drug-likeness (QED) is 0.939. The summed E-state index contributed by atoms with van der Waals surface area (Å²) in [6.07, 6.45) is 2.45. The Morgan fingerprint density at radius 3 is 3.16 bits per heavy atom. The molecule has 1 aromatic carbocycles. The van der Waals surface area contributed by atoms with Gasteiger partial charge in [-0.25, -0.2) is 4.98 Å². The molecule has 1 aromatic heterocycles. The van der Waals surface area contributed by atoms with Crippen LogP contribution in [0.15, 0.2) is 18.2 Å². The molecule has 1 aliphatic rings. The summed E-state index contributed by atoms with van der Waals surface area (Å²) >= 11 is 6.07. The van der Waals surface area contributed by atoms with E-state index >= 15 is 0 Å². The van der Waals surface area contributed by atoms with E-state index in [-0.39, 0.29) is 0 Å². The van der Waals surface area contributed by atoms with Crippen LogP contribution in [0.25, 0.3) is 11.0 Å². The molecule has 102 valence electrons. The van der Waals surface area contributed by atoms with E-state index in [1.807, 2.05) is 18.2 Å². The van der Waals surface area contributed by atoms with E-state index in [0.29, 0.717) is 23.0 Å². The Labute approximate surface area is 117 Å². The fourth-order valence-corrected chi connectivity index (χ4v) is 3.06. The average molecular weight is 280 g/mol. The van der Waals surface area contributed by atoms with Gasteiger partial charge in [0.15, 0.2) is 0 Å². The molecule has 1 aliphatic heterocycles. The van der Waals surface area contributed by atoms with Gasteiger partial charge in [-0.2, -0.15) is 0 Å². The van der Waals surface area contributed by atoms with Crippen molar-refractivity contribution in [3.05, 3.63) is 23.2 Å². The molecule has 0 spiro atoms. The number of nitrogens with two attached hydrogens (primary N) is 1. The first-order valence-corrected chi connectivity index (χ1v) is 7.09. The average Bonchev–Trinajstić information content (AvgIpc) is 2.96.